The molecule has 3 aliphatic rings. The van der Waals surface area contributed by atoms with Crippen LogP contribution in [0.1, 0.15) is 33.6 Å². The van der Waals surface area contributed by atoms with Gasteiger partial charge in [0, 0.05) is 11.8 Å². The smallest absolute Gasteiger partial charge is 0.192 e. The van der Waals surface area contributed by atoms with E-state index in [-0.39, 0.29) is 22.7 Å². The Kier molecular flexibility index (Phi) is 3.39. The standard InChI is InChI=1S/C15H28O4Si/c1-14(2,3)20(4,5)18-9-15-7-6-11(19-15)10-8-17-13(16)12(10)15/h10-13,16H,6-9H2,1-5H3/t10-,11-,12+,13+,15-/m0/s1. The number of aliphatic hydroxyl groups is 1. The molecule has 3 saturated heterocycles. The maximum atomic E-state index is 10.1. The van der Waals surface area contributed by atoms with Crippen molar-refractivity contribution in [3.8, 4) is 0 Å². The topological polar surface area (TPSA) is 47.9 Å². The third-order valence-corrected chi connectivity index (χ3v) is 10.5. The number of fused-ring (bicyclic) bond motifs is 5. The fourth-order valence-corrected chi connectivity index (χ4v) is 4.73. The average molecular weight is 300 g/mol. The van der Waals surface area contributed by atoms with Gasteiger partial charge in [0.1, 0.15) is 0 Å². The summed E-state index contributed by atoms with van der Waals surface area (Å²) in [5, 5.41) is 10.3. The van der Waals surface area contributed by atoms with E-state index in [1.54, 1.807) is 0 Å². The van der Waals surface area contributed by atoms with E-state index in [9.17, 15) is 5.11 Å². The summed E-state index contributed by atoms with van der Waals surface area (Å²) in [6, 6.07) is 0. The lowest BCUT2D eigenvalue weighted by Gasteiger charge is -2.41. The molecule has 0 aromatic heterocycles. The molecule has 3 rings (SSSR count). The molecule has 5 atom stereocenters. The summed E-state index contributed by atoms with van der Waals surface area (Å²) < 4.78 is 18.1. The van der Waals surface area contributed by atoms with Gasteiger partial charge in [-0.15, -0.1) is 0 Å². The second-order valence-corrected chi connectivity index (χ2v) is 13.0. The van der Waals surface area contributed by atoms with Gasteiger partial charge in [0.2, 0.25) is 0 Å². The molecule has 0 saturated carbocycles. The lowest BCUT2D eigenvalue weighted by Crippen LogP contribution is -2.50. The van der Waals surface area contributed by atoms with E-state index in [0.717, 1.165) is 12.8 Å². The minimum atomic E-state index is -1.79. The van der Waals surface area contributed by atoms with Crippen molar-refractivity contribution in [2.75, 3.05) is 13.2 Å². The highest BCUT2D eigenvalue weighted by Crippen LogP contribution is 2.56. The molecule has 4 nitrogen and oxygen atoms in total. The molecule has 2 bridgehead atoms. The van der Waals surface area contributed by atoms with E-state index in [2.05, 4.69) is 33.9 Å². The molecule has 0 aromatic rings. The molecule has 1 N–H and O–H groups in total. The zero-order chi connectivity index (χ0) is 14.8. The Bertz CT molecular complexity index is 392. The number of ether oxygens (including phenoxy) is 2. The molecule has 116 valence electrons. The van der Waals surface area contributed by atoms with E-state index in [1.807, 2.05) is 0 Å². The summed E-state index contributed by atoms with van der Waals surface area (Å²) in [5.41, 5.74) is -0.305. The summed E-state index contributed by atoms with van der Waals surface area (Å²) >= 11 is 0. The predicted molar refractivity (Wildman–Crippen MR) is 78.9 cm³/mol. The van der Waals surface area contributed by atoms with Crippen LogP contribution in [0, 0.1) is 11.8 Å². The van der Waals surface area contributed by atoms with Crippen molar-refractivity contribution in [3.63, 3.8) is 0 Å². The van der Waals surface area contributed by atoms with Crippen molar-refractivity contribution in [1.82, 2.24) is 0 Å². The minimum absolute atomic E-state index is 0.103. The largest absolute Gasteiger partial charge is 0.414 e. The molecule has 0 spiro atoms. The summed E-state index contributed by atoms with van der Waals surface area (Å²) in [6.45, 7) is 12.5. The molecule has 0 unspecified atom stereocenters. The molecular formula is C15H28O4Si. The van der Waals surface area contributed by atoms with E-state index in [1.165, 1.54) is 0 Å². The minimum Gasteiger partial charge on any atom is -0.414 e. The van der Waals surface area contributed by atoms with Crippen molar-refractivity contribution in [2.24, 2.45) is 11.8 Å². The summed E-state index contributed by atoms with van der Waals surface area (Å²) in [5.74, 6) is 0.466. The molecule has 0 aromatic carbocycles. The van der Waals surface area contributed by atoms with Crippen LogP contribution in [0.4, 0.5) is 0 Å². The Balaban J connectivity index is 1.74. The molecule has 3 heterocycles. The van der Waals surface area contributed by atoms with Gasteiger partial charge >= 0.3 is 0 Å². The first-order chi connectivity index (χ1) is 9.16. The zero-order valence-corrected chi connectivity index (χ0v) is 14.3. The van der Waals surface area contributed by atoms with Crippen LogP contribution in [0.2, 0.25) is 18.1 Å². The Hall–Kier alpha value is 0.0569. The zero-order valence-electron chi connectivity index (χ0n) is 13.3. The fraction of sp³-hybridized carbons (Fsp3) is 1.00. The van der Waals surface area contributed by atoms with Crippen LogP contribution in [-0.2, 0) is 13.9 Å². The van der Waals surface area contributed by atoms with Gasteiger partial charge in [-0.3, -0.25) is 0 Å². The summed E-state index contributed by atoms with van der Waals surface area (Å²) in [7, 11) is -1.79. The van der Waals surface area contributed by atoms with E-state index in [4.69, 9.17) is 13.9 Å². The van der Waals surface area contributed by atoms with Crippen molar-refractivity contribution in [1.29, 1.82) is 0 Å². The highest BCUT2D eigenvalue weighted by Gasteiger charge is 2.64. The van der Waals surface area contributed by atoms with Gasteiger partial charge in [0.15, 0.2) is 14.6 Å². The lowest BCUT2D eigenvalue weighted by atomic mass is 9.73. The van der Waals surface area contributed by atoms with Crippen LogP contribution < -0.4 is 0 Å². The van der Waals surface area contributed by atoms with Gasteiger partial charge in [-0.25, -0.2) is 0 Å². The summed E-state index contributed by atoms with van der Waals surface area (Å²) in [4.78, 5) is 0. The van der Waals surface area contributed by atoms with Gasteiger partial charge < -0.3 is 19.0 Å². The van der Waals surface area contributed by atoms with Crippen molar-refractivity contribution in [2.45, 2.75) is 69.7 Å². The van der Waals surface area contributed by atoms with Crippen LogP contribution in [0.15, 0.2) is 0 Å². The Labute approximate surface area is 122 Å². The van der Waals surface area contributed by atoms with Gasteiger partial charge in [-0.1, -0.05) is 20.8 Å². The molecule has 0 aliphatic carbocycles. The van der Waals surface area contributed by atoms with E-state index >= 15 is 0 Å². The van der Waals surface area contributed by atoms with Crippen LogP contribution >= 0.6 is 0 Å². The third kappa shape index (κ3) is 2.10. The van der Waals surface area contributed by atoms with E-state index < -0.39 is 14.6 Å². The number of hydrogen-bond acceptors (Lipinski definition) is 4. The maximum absolute atomic E-state index is 10.1. The third-order valence-electron chi connectivity index (χ3n) is 6.03. The van der Waals surface area contributed by atoms with Gasteiger partial charge in [0.05, 0.1) is 24.9 Å². The SMILES string of the molecule is CC(C)(C)[Si](C)(C)OC[C@]12CC[C@H](O1)[C@@H]1CO[C@@H](O)[C@@H]12. The number of rotatable bonds is 3. The maximum Gasteiger partial charge on any atom is 0.192 e. The molecule has 0 radical (unpaired) electrons. The number of hydrogen-bond donors (Lipinski definition) is 1. The van der Waals surface area contributed by atoms with Crippen molar-refractivity contribution in [3.05, 3.63) is 0 Å². The molecular weight excluding hydrogens is 272 g/mol. The highest BCUT2D eigenvalue weighted by atomic mass is 28.4. The first-order valence-corrected chi connectivity index (χ1v) is 10.7. The van der Waals surface area contributed by atoms with Gasteiger partial charge in [-0.05, 0) is 31.0 Å². The first-order valence-electron chi connectivity index (χ1n) is 7.78. The number of aliphatic hydroxyl groups excluding tert-OH is 1. The van der Waals surface area contributed by atoms with E-state index in [0.29, 0.717) is 19.1 Å². The van der Waals surface area contributed by atoms with Gasteiger partial charge in [0.25, 0.3) is 0 Å². The van der Waals surface area contributed by atoms with Crippen molar-refractivity contribution >= 4 is 8.32 Å². The Morgan fingerprint density at radius 2 is 2.05 bits per heavy atom. The normalized spacial score (nSPS) is 44.1. The Morgan fingerprint density at radius 1 is 1.35 bits per heavy atom. The van der Waals surface area contributed by atoms with Crippen LogP contribution in [0.5, 0.6) is 0 Å². The molecule has 3 fully saturated rings. The lowest BCUT2D eigenvalue weighted by molar-refractivity contribution is -0.145. The fourth-order valence-electron chi connectivity index (χ4n) is 3.69. The summed E-state index contributed by atoms with van der Waals surface area (Å²) in [6.07, 6.45) is 1.67. The quantitative estimate of drug-likeness (QED) is 0.814. The average Bonchev–Trinajstić information content (AvgIpc) is 2.98. The predicted octanol–water partition coefficient (Wildman–Crippen LogP) is 2.52. The monoisotopic (exact) mass is 300 g/mol. The molecule has 0 amide bonds. The molecule has 5 heteroatoms. The molecule has 20 heavy (non-hydrogen) atoms. The van der Waals surface area contributed by atoms with Crippen LogP contribution in [-0.4, -0.2) is 44.6 Å². The second-order valence-electron chi connectivity index (χ2n) is 8.22. The van der Waals surface area contributed by atoms with Crippen LogP contribution in [0.25, 0.3) is 0 Å². The second kappa shape index (κ2) is 4.52. The van der Waals surface area contributed by atoms with Crippen molar-refractivity contribution < 1.29 is 19.0 Å². The van der Waals surface area contributed by atoms with Crippen LogP contribution in [0.3, 0.4) is 0 Å². The Morgan fingerprint density at radius 3 is 2.70 bits per heavy atom. The molecule has 3 aliphatic heterocycles. The highest BCUT2D eigenvalue weighted by molar-refractivity contribution is 6.74. The van der Waals surface area contributed by atoms with Gasteiger partial charge in [-0.2, -0.15) is 0 Å². The first kappa shape index (κ1) is 15.0.